The van der Waals surface area contributed by atoms with Crippen LogP contribution in [0.25, 0.3) is 0 Å². The number of hydrogen-bond acceptors (Lipinski definition) is 2. The third-order valence-corrected chi connectivity index (χ3v) is 4.79. The molecule has 1 aliphatic heterocycles. The zero-order valence-electron chi connectivity index (χ0n) is 11.6. The topological polar surface area (TPSA) is 57.6 Å². The fraction of sp³-hybridized carbons (Fsp3) is 0.467. The molecule has 1 aromatic rings. The van der Waals surface area contributed by atoms with Gasteiger partial charge in [-0.05, 0) is 29.7 Å². The third-order valence-electron chi connectivity index (χ3n) is 4.29. The van der Waals surface area contributed by atoms with Crippen LogP contribution in [0.15, 0.2) is 22.7 Å². The van der Waals surface area contributed by atoms with Gasteiger partial charge in [0.05, 0.1) is 0 Å². The molecule has 0 radical (unpaired) electrons. The van der Waals surface area contributed by atoms with E-state index in [9.17, 15) is 23.5 Å². The molecular weight excluding hydrogens is 360 g/mol. The van der Waals surface area contributed by atoms with Crippen molar-refractivity contribution in [3.05, 3.63) is 33.8 Å². The van der Waals surface area contributed by atoms with E-state index in [1.54, 1.807) is 6.07 Å². The second kappa shape index (κ2) is 5.30. The summed E-state index contributed by atoms with van der Waals surface area (Å²) in [6, 6.07) is 4.22. The quantitative estimate of drug-likeness (QED) is 0.866. The lowest BCUT2D eigenvalue weighted by molar-refractivity contribution is -0.167. The van der Waals surface area contributed by atoms with Crippen molar-refractivity contribution in [3.8, 4) is 0 Å². The summed E-state index contributed by atoms with van der Waals surface area (Å²) in [7, 11) is 0. The van der Waals surface area contributed by atoms with Crippen LogP contribution in [-0.2, 0) is 16.0 Å². The van der Waals surface area contributed by atoms with Crippen LogP contribution >= 0.6 is 15.9 Å². The average molecular weight is 374 g/mol. The number of rotatable bonds is 2. The van der Waals surface area contributed by atoms with Crippen molar-refractivity contribution in [2.75, 3.05) is 6.54 Å². The zero-order chi connectivity index (χ0) is 16.1. The van der Waals surface area contributed by atoms with Crippen molar-refractivity contribution >= 4 is 27.8 Å². The standard InChI is InChI=1S/C15H14BrF2NO3/c16-10-2-1-8-3-4-19(12(14(21)22)11(8)5-10)13(20)9-6-15(17,18)7-9/h1-2,5,9,12H,3-4,6-7H2,(H,21,22). The Labute approximate surface area is 134 Å². The van der Waals surface area contributed by atoms with Crippen LogP contribution in [0.4, 0.5) is 8.78 Å². The van der Waals surface area contributed by atoms with Crippen LogP contribution in [0, 0.1) is 5.92 Å². The van der Waals surface area contributed by atoms with Crippen LogP contribution in [0.3, 0.4) is 0 Å². The van der Waals surface area contributed by atoms with Crippen molar-refractivity contribution in [3.63, 3.8) is 0 Å². The molecule has 0 spiro atoms. The van der Waals surface area contributed by atoms with Crippen LogP contribution in [0.5, 0.6) is 0 Å². The Hall–Kier alpha value is -1.50. The molecule has 1 atom stereocenters. The summed E-state index contributed by atoms with van der Waals surface area (Å²) in [5, 5.41) is 9.51. The Morgan fingerprint density at radius 2 is 2.00 bits per heavy atom. The van der Waals surface area contributed by atoms with Gasteiger partial charge in [-0.15, -0.1) is 0 Å². The highest BCUT2D eigenvalue weighted by Gasteiger charge is 2.51. The largest absolute Gasteiger partial charge is 0.479 e. The molecule has 1 N–H and O–H groups in total. The molecule has 1 aromatic carbocycles. The fourth-order valence-electron chi connectivity index (χ4n) is 3.16. The third kappa shape index (κ3) is 2.62. The number of alkyl halides is 2. The van der Waals surface area contributed by atoms with Crippen LogP contribution in [-0.4, -0.2) is 34.4 Å². The normalized spacial score (nSPS) is 23.6. The van der Waals surface area contributed by atoms with E-state index < -0.39 is 42.6 Å². The van der Waals surface area contributed by atoms with Gasteiger partial charge >= 0.3 is 5.97 Å². The highest BCUT2D eigenvalue weighted by atomic mass is 79.9. The van der Waals surface area contributed by atoms with E-state index in [-0.39, 0.29) is 6.54 Å². The number of aliphatic carboxylic acids is 1. The fourth-order valence-corrected chi connectivity index (χ4v) is 3.54. The summed E-state index contributed by atoms with van der Waals surface area (Å²) in [5.74, 6) is -5.19. The lowest BCUT2D eigenvalue weighted by Crippen LogP contribution is -2.51. The maximum Gasteiger partial charge on any atom is 0.331 e. The highest BCUT2D eigenvalue weighted by Crippen LogP contribution is 2.44. The smallest absolute Gasteiger partial charge is 0.331 e. The Morgan fingerprint density at radius 3 is 2.59 bits per heavy atom. The molecular formula is C15H14BrF2NO3. The van der Waals surface area contributed by atoms with E-state index in [1.807, 2.05) is 12.1 Å². The van der Waals surface area contributed by atoms with Gasteiger partial charge in [-0.3, -0.25) is 4.79 Å². The minimum absolute atomic E-state index is 0.243. The molecule has 1 saturated carbocycles. The molecule has 4 nitrogen and oxygen atoms in total. The molecule has 22 heavy (non-hydrogen) atoms. The molecule has 0 saturated heterocycles. The SMILES string of the molecule is O=C(O)C1c2cc(Br)ccc2CCN1C(=O)C1CC(F)(F)C1. The van der Waals surface area contributed by atoms with Crippen LogP contribution in [0.1, 0.15) is 30.0 Å². The molecule has 0 aromatic heterocycles. The number of hydrogen-bond donors (Lipinski definition) is 1. The number of benzene rings is 1. The molecule has 7 heteroatoms. The van der Waals surface area contributed by atoms with Crippen LogP contribution in [0.2, 0.25) is 0 Å². The molecule has 1 amide bonds. The van der Waals surface area contributed by atoms with Gasteiger partial charge in [-0.25, -0.2) is 13.6 Å². The second-order valence-electron chi connectivity index (χ2n) is 5.83. The summed E-state index contributed by atoms with van der Waals surface area (Å²) < 4.78 is 26.7. The maximum atomic E-state index is 13.0. The predicted octanol–water partition coefficient (Wildman–Crippen LogP) is 3.00. The zero-order valence-corrected chi connectivity index (χ0v) is 13.1. The lowest BCUT2D eigenvalue weighted by Gasteiger charge is -2.41. The molecule has 3 rings (SSSR count). The summed E-state index contributed by atoms with van der Waals surface area (Å²) in [5.41, 5.74) is 1.42. The number of halogens is 3. The van der Waals surface area contributed by atoms with Crippen molar-refractivity contribution in [1.82, 2.24) is 4.90 Å². The number of fused-ring (bicyclic) bond motifs is 1. The Morgan fingerprint density at radius 1 is 1.32 bits per heavy atom. The number of carbonyl (C=O) groups excluding carboxylic acids is 1. The molecule has 1 fully saturated rings. The first kappa shape index (κ1) is 15.4. The number of carboxylic acid groups (broad SMARTS) is 1. The Bertz CT molecular complexity index is 642. The van der Waals surface area contributed by atoms with Gasteiger partial charge < -0.3 is 10.0 Å². The van der Waals surface area contributed by atoms with Crippen molar-refractivity contribution in [2.24, 2.45) is 5.92 Å². The summed E-state index contributed by atoms with van der Waals surface area (Å²) in [6.45, 7) is 0.243. The molecule has 2 aliphatic rings. The van der Waals surface area contributed by atoms with Gasteiger partial charge in [0.2, 0.25) is 11.8 Å². The van der Waals surface area contributed by atoms with E-state index >= 15 is 0 Å². The number of amides is 1. The van der Waals surface area contributed by atoms with Gasteiger partial charge in [0.1, 0.15) is 0 Å². The molecule has 118 valence electrons. The minimum atomic E-state index is -2.80. The molecule has 1 unspecified atom stereocenters. The number of nitrogens with zero attached hydrogens (tertiary/aromatic N) is 1. The maximum absolute atomic E-state index is 13.0. The van der Waals surface area contributed by atoms with E-state index in [4.69, 9.17) is 0 Å². The Balaban J connectivity index is 1.89. The number of carboxylic acids is 1. The van der Waals surface area contributed by atoms with E-state index in [1.165, 1.54) is 4.90 Å². The first-order valence-electron chi connectivity index (χ1n) is 6.98. The van der Waals surface area contributed by atoms with Crippen molar-refractivity contribution < 1.29 is 23.5 Å². The van der Waals surface area contributed by atoms with Crippen molar-refractivity contribution in [2.45, 2.75) is 31.2 Å². The molecule has 0 bridgehead atoms. The first-order valence-corrected chi connectivity index (χ1v) is 7.77. The lowest BCUT2D eigenvalue weighted by atomic mass is 9.79. The second-order valence-corrected chi connectivity index (χ2v) is 6.74. The van der Waals surface area contributed by atoms with Crippen molar-refractivity contribution in [1.29, 1.82) is 0 Å². The van der Waals surface area contributed by atoms with Crippen LogP contribution < -0.4 is 0 Å². The Kier molecular flexibility index (Phi) is 3.71. The number of carbonyl (C=O) groups is 2. The van der Waals surface area contributed by atoms with Gasteiger partial charge in [0.15, 0.2) is 6.04 Å². The van der Waals surface area contributed by atoms with E-state index in [0.29, 0.717) is 12.0 Å². The molecule has 1 aliphatic carbocycles. The predicted molar refractivity (Wildman–Crippen MR) is 77.6 cm³/mol. The first-order chi connectivity index (χ1) is 10.3. The van der Waals surface area contributed by atoms with Gasteiger partial charge in [-0.2, -0.15) is 0 Å². The average Bonchev–Trinajstić information content (AvgIpc) is 2.42. The highest BCUT2D eigenvalue weighted by molar-refractivity contribution is 9.10. The minimum Gasteiger partial charge on any atom is -0.479 e. The van der Waals surface area contributed by atoms with E-state index in [0.717, 1.165) is 10.0 Å². The summed E-state index contributed by atoms with van der Waals surface area (Å²) in [6.07, 6.45) is -0.443. The van der Waals surface area contributed by atoms with Gasteiger partial charge in [0, 0.05) is 29.8 Å². The van der Waals surface area contributed by atoms with Gasteiger partial charge in [-0.1, -0.05) is 22.0 Å². The van der Waals surface area contributed by atoms with Gasteiger partial charge in [0.25, 0.3) is 0 Å². The summed E-state index contributed by atoms with van der Waals surface area (Å²) >= 11 is 3.30. The monoisotopic (exact) mass is 373 g/mol. The summed E-state index contributed by atoms with van der Waals surface area (Å²) in [4.78, 5) is 25.3. The van der Waals surface area contributed by atoms with E-state index in [2.05, 4.69) is 15.9 Å². The molecule has 1 heterocycles.